The average molecular weight is 496 g/mol. The van der Waals surface area contributed by atoms with Crippen LogP contribution in [0, 0.1) is 0 Å². The van der Waals surface area contributed by atoms with E-state index in [9.17, 15) is 0 Å². The number of methoxy groups -OCH3 is 2. The Balaban J connectivity index is 1.33. The van der Waals surface area contributed by atoms with Gasteiger partial charge in [0.1, 0.15) is 17.7 Å². The molecular weight excluding hydrogens is 460 g/mol. The molecule has 1 saturated carbocycles. The van der Waals surface area contributed by atoms with Crippen molar-refractivity contribution in [2.75, 3.05) is 45.3 Å². The summed E-state index contributed by atoms with van der Waals surface area (Å²) in [4.78, 5) is 14.2. The molecule has 0 atom stereocenters. The summed E-state index contributed by atoms with van der Waals surface area (Å²) in [6.45, 7) is 3.95. The lowest BCUT2D eigenvalue weighted by molar-refractivity contribution is -0.926. The Labute approximate surface area is 218 Å². The first kappa shape index (κ1) is 23.7. The van der Waals surface area contributed by atoms with Crippen LogP contribution in [-0.2, 0) is 0 Å². The number of anilines is 1. The fraction of sp³-hybridized carbons (Fsp3) is 0.355. The second-order valence-electron chi connectivity index (χ2n) is 10.2. The number of rotatable bonds is 7. The summed E-state index contributed by atoms with van der Waals surface area (Å²) in [5, 5.41) is 1.03. The Morgan fingerprint density at radius 2 is 1.41 bits per heavy atom. The number of hydrogen-bond donors (Lipinski definition) is 1. The van der Waals surface area contributed by atoms with Crippen LogP contribution >= 0.6 is 0 Å². The first-order valence-corrected chi connectivity index (χ1v) is 13.4. The lowest BCUT2D eigenvalue weighted by atomic mass is 9.85. The lowest BCUT2D eigenvalue weighted by Crippen LogP contribution is -3.15. The highest BCUT2D eigenvalue weighted by Gasteiger charge is 2.32. The molecule has 1 aliphatic carbocycles. The fourth-order valence-electron chi connectivity index (χ4n) is 5.80. The summed E-state index contributed by atoms with van der Waals surface area (Å²) < 4.78 is 11.2. The number of nitrogens with zero attached hydrogens (tertiary/aromatic N) is 3. The van der Waals surface area contributed by atoms with Crippen molar-refractivity contribution in [1.29, 1.82) is 0 Å². The Morgan fingerprint density at radius 1 is 0.811 bits per heavy atom. The molecule has 1 aromatic heterocycles. The molecule has 0 amide bonds. The number of aromatic nitrogens is 2. The summed E-state index contributed by atoms with van der Waals surface area (Å²) >= 11 is 0. The molecule has 0 radical (unpaired) electrons. The van der Waals surface area contributed by atoms with Gasteiger partial charge >= 0.3 is 0 Å². The Morgan fingerprint density at radius 3 is 1.95 bits per heavy atom. The van der Waals surface area contributed by atoms with Gasteiger partial charge in [-0.2, -0.15) is 0 Å². The molecule has 1 aliphatic heterocycles. The molecule has 1 N–H and O–H groups in total. The molecule has 37 heavy (non-hydrogen) atoms. The second-order valence-corrected chi connectivity index (χ2v) is 10.2. The van der Waals surface area contributed by atoms with Gasteiger partial charge in [0.2, 0.25) is 0 Å². The molecule has 2 heterocycles. The van der Waals surface area contributed by atoms with Gasteiger partial charge in [-0.1, -0.05) is 67.1 Å². The van der Waals surface area contributed by atoms with Crippen LogP contribution in [0.5, 0.6) is 11.5 Å². The third kappa shape index (κ3) is 4.62. The summed E-state index contributed by atoms with van der Waals surface area (Å²) in [6, 6.07) is 26.2. The van der Waals surface area contributed by atoms with Crippen molar-refractivity contribution in [3.8, 4) is 11.5 Å². The highest BCUT2D eigenvalue weighted by Crippen LogP contribution is 2.39. The maximum absolute atomic E-state index is 5.64. The Bertz CT molecular complexity index is 1310. The van der Waals surface area contributed by atoms with Gasteiger partial charge in [-0.25, -0.2) is 9.97 Å². The molecule has 3 aromatic carbocycles. The zero-order valence-corrected chi connectivity index (χ0v) is 21.7. The molecule has 6 nitrogen and oxygen atoms in total. The van der Waals surface area contributed by atoms with Gasteiger partial charge in [-0.3, -0.25) is 0 Å². The molecule has 2 fully saturated rings. The molecule has 190 valence electrons. The molecule has 4 aromatic rings. The molecule has 0 bridgehead atoms. The number of quaternary nitrogens is 1. The van der Waals surface area contributed by atoms with E-state index in [1.807, 2.05) is 12.1 Å². The third-order valence-corrected chi connectivity index (χ3v) is 8.05. The zero-order valence-electron chi connectivity index (χ0n) is 21.7. The van der Waals surface area contributed by atoms with Gasteiger partial charge in [-0.15, -0.1) is 0 Å². The maximum atomic E-state index is 5.64. The lowest BCUT2D eigenvalue weighted by Gasteiger charge is -2.38. The monoisotopic (exact) mass is 495 g/mol. The highest BCUT2D eigenvalue weighted by atomic mass is 16.5. The number of benzene rings is 3. The normalized spacial score (nSPS) is 16.7. The number of hydrogen-bond acceptors (Lipinski definition) is 5. The molecule has 6 rings (SSSR count). The molecule has 2 aliphatic rings. The van der Waals surface area contributed by atoms with E-state index < -0.39 is 0 Å². The van der Waals surface area contributed by atoms with Crippen molar-refractivity contribution in [3.63, 3.8) is 0 Å². The zero-order chi connectivity index (χ0) is 25.2. The minimum Gasteiger partial charge on any atom is -0.493 e. The van der Waals surface area contributed by atoms with Crippen LogP contribution in [0.4, 0.5) is 5.82 Å². The van der Waals surface area contributed by atoms with E-state index in [-0.39, 0.29) is 0 Å². The first-order valence-electron chi connectivity index (χ1n) is 13.4. The molecular formula is C31H35N4O2+. The maximum Gasteiger partial charge on any atom is 0.162 e. The van der Waals surface area contributed by atoms with Crippen molar-refractivity contribution in [1.82, 2.24) is 9.97 Å². The summed E-state index contributed by atoms with van der Waals surface area (Å²) in [7, 11) is 3.36. The standard InChI is InChI=1S/C31H34N4O2/c1-36-27-20-25-26(21-28(27)37-2)32-30(24-14-9-15-24)33-31(25)35-18-16-34(17-19-35)29(22-10-5-3-6-11-22)23-12-7-4-8-13-23/h3-8,10-13,20-21,24,29H,9,14-19H2,1-2H3/p+1. The van der Waals surface area contributed by atoms with E-state index in [1.54, 1.807) is 19.1 Å². The summed E-state index contributed by atoms with van der Waals surface area (Å²) in [5.41, 5.74) is 3.67. The van der Waals surface area contributed by atoms with Crippen molar-refractivity contribution in [3.05, 3.63) is 89.7 Å². The van der Waals surface area contributed by atoms with E-state index in [4.69, 9.17) is 19.4 Å². The molecule has 6 heteroatoms. The first-order chi connectivity index (χ1) is 18.2. The van der Waals surface area contributed by atoms with E-state index in [1.165, 1.54) is 30.4 Å². The quantitative estimate of drug-likeness (QED) is 0.412. The van der Waals surface area contributed by atoms with Gasteiger partial charge in [0, 0.05) is 28.5 Å². The summed E-state index contributed by atoms with van der Waals surface area (Å²) in [5.74, 6) is 3.89. The minimum absolute atomic E-state index is 0.321. The van der Waals surface area contributed by atoms with Gasteiger partial charge in [0.25, 0.3) is 0 Å². The van der Waals surface area contributed by atoms with Crippen LogP contribution in [0.2, 0.25) is 0 Å². The highest BCUT2D eigenvalue weighted by molar-refractivity contribution is 5.92. The number of ether oxygens (including phenoxy) is 2. The number of piperazine rings is 1. The van der Waals surface area contributed by atoms with Crippen LogP contribution in [0.15, 0.2) is 72.8 Å². The van der Waals surface area contributed by atoms with Crippen LogP contribution in [0.25, 0.3) is 10.9 Å². The molecule has 1 saturated heterocycles. The van der Waals surface area contributed by atoms with E-state index in [0.29, 0.717) is 23.5 Å². The smallest absolute Gasteiger partial charge is 0.162 e. The van der Waals surface area contributed by atoms with E-state index in [2.05, 4.69) is 65.6 Å². The second kappa shape index (κ2) is 10.4. The van der Waals surface area contributed by atoms with Crippen LogP contribution < -0.4 is 19.3 Å². The molecule has 0 spiro atoms. The third-order valence-electron chi connectivity index (χ3n) is 8.05. The Hall–Kier alpha value is -3.64. The Kier molecular flexibility index (Phi) is 6.66. The molecule has 0 unspecified atom stereocenters. The van der Waals surface area contributed by atoms with Gasteiger partial charge < -0.3 is 19.3 Å². The van der Waals surface area contributed by atoms with Crippen LogP contribution in [0.3, 0.4) is 0 Å². The van der Waals surface area contributed by atoms with Gasteiger partial charge in [0.05, 0.1) is 45.9 Å². The van der Waals surface area contributed by atoms with Gasteiger partial charge in [-0.05, 0) is 18.9 Å². The fourth-order valence-corrected chi connectivity index (χ4v) is 5.80. The minimum atomic E-state index is 0.321. The predicted octanol–water partition coefficient (Wildman–Crippen LogP) is 4.41. The SMILES string of the molecule is COc1cc2nc(C3CCC3)nc(N3CC[NH+](C(c4ccccc4)c4ccccc4)CC3)c2cc1OC. The summed E-state index contributed by atoms with van der Waals surface area (Å²) in [6.07, 6.45) is 3.60. The van der Waals surface area contributed by atoms with Crippen molar-refractivity contribution in [2.24, 2.45) is 0 Å². The van der Waals surface area contributed by atoms with Crippen molar-refractivity contribution >= 4 is 16.7 Å². The van der Waals surface area contributed by atoms with E-state index >= 15 is 0 Å². The van der Waals surface area contributed by atoms with Crippen molar-refractivity contribution in [2.45, 2.75) is 31.2 Å². The van der Waals surface area contributed by atoms with Crippen LogP contribution in [0.1, 0.15) is 48.2 Å². The largest absolute Gasteiger partial charge is 0.493 e. The van der Waals surface area contributed by atoms with Crippen LogP contribution in [-0.4, -0.2) is 50.4 Å². The topological polar surface area (TPSA) is 51.9 Å². The van der Waals surface area contributed by atoms with E-state index in [0.717, 1.165) is 48.7 Å². The van der Waals surface area contributed by atoms with Gasteiger partial charge in [0.15, 0.2) is 11.5 Å². The van der Waals surface area contributed by atoms with Crippen molar-refractivity contribution < 1.29 is 14.4 Å². The predicted molar refractivity (Wildman–Crippen MR) is 147 cm³/mol. The number of nitrogens with one attached hydrogen (secondary N) is 1. The average Bonchev–Trinajstić information content (AvgIpc) is 2.93. The number of fused-ring (bicyclic) bond motifs is 1.